The highest BCUT2D eigenvalue weighted by Crippen LogP contribution is 2.36. The highest BCUT2D eigenvalue weighted by molar-refractivity contribution is 4.82. The normalized spacial score (nSPS) is 18.6. The van der Waals surface area contributed by atoms with Gasteiger partial charge in [-0.2, -0.15) is 0 Å². The quantitative estimate of drug-likeness (QED) is 0.533. The molecule has 0 nitrogen and oxygen atoms in total. The van der Waals surface area contributed by atoms with Crippen LogP contribution in [0.25, 0.3) is 0 Å². The van der Waals surface area contributed by atoms with Crippen molar-refractivity contribution in [3.05, 3.63) is 6.92 Å². The van der Waals surface area contributed by atoms with Crippen molar-refractivity contribution in [2.45, 2.75) is 67.2 Å². The first-order valence-electron chi connectivity index (χ1n) is 6.66. The van der Waals surface area contributed by atoms with Crippen molar-refractivity contribution in [2.75, 3.05) is 0 Å². The molecule has 0 amide bonds. The summed E-state index contributed by atoms with van der Waals surface area (Å²) in [6.07, 6.45) is 5.29. The van der Waals surface area contributed by atoms with Crippen molar-refractivity contribution in [2.24, 2.45) is 23.2 Å². The van der Waals surface area contributed by atoms with Crippen molar-refractivity contribution in [3.8, 4) is 0 Å². The molecule has 0 N–H and O–H groups in total. The summed E-state index contributed by atoms with van der Waals surface area (Å²) >= 11 is 0. The summed E-state index contributed by atoms with van der Waals surface area (Å²) in [6, 6.07) is 0. The first kappa shape index (κ1) is 15.0. The third-order valence-electron chi connectivity index (χ3n) is 3.87. The molecule has 0 aromatic rings. The van der Waals surface area contributed by atoms with Crippen molar-refractivity contribution in [1.82, 2.24) is 0 Å². The zero-order valence-electron chi connectivity index (χ0n) is 11.8. The lowest BCUT2D eigenvalue weighted by Crippen LogP contribution is -2.24. The van der Waals surface area contributed by atoms with Gasteiger partial charge >= 0.3 is 0 Å². The molecule has 0 saturated heterocycles. The summed E-state index contributed by atoms with van der Waals surface area (Å²) in [5, 5.41) is 0. The topological polar surface area (TPSA) is 0 Å². The van der Waals surface area contributed by atoms with Gasteiger partial charge in [-0.3, -0.25) is 0 Å². The first-order chi connectivity index (χ1) is 6.81. The van der Waals surface area contributed by atoms with Crippen molar-refractivity contribution < 1.29 is 0 Å². The van der Waals surface area contributed by atoms with Gasteiger partial charge < -0.3 is 0 Å². The fourth-order valence-corrected chi connectivity index (χ4v) is 2.04. The molecule has 0 rings (SSSR count). The van der Waals surface area contributed by atoms with Crippen LogP contribution in [0.15, 0.2) is 0 Å². The maximum absolute atomic E-state index is 4.35. The Balaban J connectivity index is 4.32. The average Bonchev–Trinajstić information content (AvgIpc) is 2.14. The van der Waals surface area contributed by atoms with Crippen LogP contribution in [0.2, 0.25) is 0 Å². The van der Waals surface area contributed by atoms with Gasteiger partial charge in [0.15, 0.2) is 0 Å². The van der Waals surface area contributed by atoms with Gasteiger partial charge in [0.1, 0.15) is 0 Å². The number of rotatable bonds is 7. The van der Waals surface area contributed by atoms with E-state index in [9.17, 15) is 0 Å². The largest absolute Gasteiger partial charge is 0.0651 e. The molecule has 2 unspecified atom stereocenters. The highest BCUT2D eigenvalue weighted by Gasteiger charge is 2.26. The Morgan fingerprint density at radius 1 is 0.933 bits per heavy atom. The molecule has 91 valence electrons. The van der Waals surface area contributed by atoms with E-state index < -0.39 is 0 Å². The van der Waals surface area contributed by atoms with Crippen molar-refractivity contribution in [3.63, 3.8) is 0 Å². The fraction of sp³-hybridized carbons (Fsp3) is 0.933. The predicted octanol–water partition coefficient (Wildman–Crippen LogP) is 5.34. The Morgan fingerprint density at radius 3 is 1.47 bits per heavy atom. The zero-order valence-corrected chi connectivity index (χ0v) is 11.8. The smallest absolute Gasteiger partial charge is 0.0325 e. The molecule has 1 radical (unpaired) electrons. The monoisotopic (exact) mass is 211 g/mol. The average molecular weight is 211 g/mol. The minimum absolute atomic E-state index is 0.229. The van der Waals surface area contributed by atoms with Crippen LogP contribution in [0.1, 0.15) is 67.2 Å². The van der Waals surface area contributed by atoms with Gasteiger partial charge in [0.2, 0.25) is 0 Å². The molecule has 0 saturated carbocycles. The van der Waals surface area contributed by atoms with E-state index in [4.69, 9.17) is 0 Å². The van der Waals surface area contributed by atoms with Crippen LogP contribution in [0, 0.1) is 30.1 Å². The summed E-state index contributed by atoms with van der Waals surface area (Å²) in [5.74, 6) is 2.47. The molecule has 0 spiro atoms. The summed E-state index contributed by atoms with van der Waals surface area (Å²) in [4.78, 5) is 0. The molecular weight excluding hydrogens is 180 g/mol. The molecule has 0 aliphatic carbocycles. The van der Waals surface area contributed by atoms with Crippen LogP contribution < -0.4 is 0 Å². The molecule has 0 heterocycles. The Kier molecular flexibility index (Phi) is 6.55. The molecule has 15 heavy (non-hydrogen) atoms. The van der Waals surface area contributed by atoms with E-state index in [0.717, 1.165) is 17.8 Å². The molecule has 0 aromatic heterocycles. The van der Waals surface area contributed by atoms with E-state index in [1.807, 2.05) is 0 Å². The van der Waals surface area contributed by atoms with Crippen molar-refractivity contribution >= 4 is 0 Å². The second-order valence-electron chi connectivity index (χ2n) is 6.18. The predicted molar refractivity (Wildman–Crippen MR) is 70.8 cm³/mol. The molecule has 0 fully saturated rings. The van der Waals surface area contributed by atoms with Crippen LogP contribution in [0.5, 0.6) is 0 Å². The van der Waals surface area contributed by atoms with Gasteiger partial charge in [-0.15, -0.1) is 0 Å². The van der Waals surface area contributed by atoms with E-state index in [0.29, 0.717) is 0 Å². The third-order valence-corrected chi connectivity index (χ3v) is 3.87. The fourth-order valence-electron chi connectivity index (χ4n) is 2.04. The van der Waals surface area contributed by atoms with Crippen LogP contribution >= 0.6 is 0 Å². The van der Waals surface area contributed by atoms with Gasteiger partial charge in [0.25, 0.3) is 0 Å². The number of hydrogen-bond donors (Lipinski definition) is 0. The van der Waals surface area contributed by atoms with Gasteiger partial charge in [-0.1, -0.05) is 54.4 Å². The molecule has 2 atom stereocenters. The minimum atomic E-state index is 0.229. The maximum Gasteiger partial charge on any atom is -0.0325 e. The summed E-state index contributed by atoms with van der Waals surface area (Å²) in [5.41, 5.74) is 0.229. The molecule has 0 aliphatic rings. The Hall–Kier alpha value is 0. The molecule has 0 aromatic carbocycles. The van der Waals surface area contributed by atoms with Gasteiger partial charge in [-0.05, 0) is 42.9 Å². The molecular formula is C15H31. The molecule has 0 heteroatoms. The minimum Gasteiger partial charge on any atom is -0.0651 e. The lowest BCUT2D eigenvalue weighted by atomic mass is 9.71. The molecule has 0 bridgehead atoms. The number of hydrogen-bond acceptors (Lipinski definition) is 0. The zero-order chi connectivity index (χ0) is 12.1. The molecule has 0 aliphatic heterocycles. The van der Waals surface area contributed by atoms with Crippen LogP contribution in [-0.2, 0) is 0 Å². The summed E-state index contributed by atoms with van der Waals surface area (Å²) < 4.78 is 0. The Bertz CT molecular complexity index is 140. The Morgan fingerprint density at radius 2 is 1.27 bits per heavy atom. The van der Waals surface area contributed by atoms with E-state index in [1.54, 1.807) is 0 Å². The second kappa shape index (κ2) is 6.55. The van der Waals surface area contributed by atoms with E-state index >= 15 is 0 Å². The lowest BCUT2D eigenvalue weighted by Gasteiger charge is -2.34. The standard InChI is InChI=1S/C15H31/c1-8-12(3)10-14(15(5,6)7)11-13(4)9-2/h12-14H,5,8-11H2,1-4,6-7H3. The van der Waals surface area contributed by atoms with Gasteiger partial charge in [0, 0.05) is 0 Å². The second-order valence-corrected chi connectivity index (χ2v) is 6.18. The van der Waals surface area contributed by atoms with E-state index in [1.165, 1.54) is 25.7 Å². The van der Waals surface area contributed by atoms with E-state index in [-0.39, 0.29) is 5.41 Å². The van der Waals surface area contributed by atoms with Gasteiger partial charge in [-0.25, -0.2) is 0 Å². The first-order valence-corrected chi connectivity index (χ1v) is 6.66. The lowest BCUT2D eigenvalue weighted by molar-refractivity contribution is 0.188. The highest BCUT2D eigenvalue weighted by atomic mass is 14.3. The van der Waals surface area contributed by atoms with E-state index in [2.05, 4.69) is 48.5 Å². The summed E-state index contributed by atoms with van der Waals surface area (Å²) in [7, 11) is 0. The third kappa shape index (κ3) is 6.22. The van der Waals surface area contributed by atoms with Gasteiger partial charge in [0.05, 0.1) is 0 Å². The maximum atomic E-state index is 4.35. The Labute approximate surface area is 97.8 Å². The van der Waals surface area contributed by atoms with Crippen LogP contribution in [0.4, 0.5) is 0 Å². The van der Waals surface area contributed by atoms with Crippen LogP contribution in [-0.4, -0.2) is 0 Å². The van der Waals surface area contributed by atoms with Crippen molar-refractivity contribution in [1.29, 1.82) is 0 Å². The van der Waals surface area contributed by atoms with Crippen LogP contribution in [0.3, 0.4) is 0 Å². The SMILES string of the molecule is [CH2]C(C)(C)C(CC(C)CC)CC(C)CC. The summed E-state index contributed by atoms with van der Waals surface area (Å²) in [6.45, 7) is 18.3.